The average molecular weight is 306 g/mol. The Morgan fingerprint density at radius 3 is 2.71 bits per heavy atom. The molecule has 0 spiro atoms. The number of aliphatic hydroxyl groups excluding tert-OH is 1. The van der Waals surface area contributed by atoms with Crippen molar-refractivity contribution in [2.24, 2.45) is 11.3 Å². The van der Waals surface area contributed by atoms with Crippen molar-refractivity contribution in [1.29, 1.82) is 0 Å². The van der Waals surface area contributed by atoms with Crippen LogP contribution in [0.1, 0.15) is 42.6 Å². The monoisotopic (exact) mass is 305 g/mol. The zero-order valence-corrected chi connectivity index (χ0v) is 13.1. The SMILES string of the molecule is CC(C)C1(CNC(=O)c2ccc(C#CCO)c(Cl)c2)CC1. The molecule has 0 aliphatic heterocycles. The van der Waals surface area contributed by atoms with E-state index in [2.05, 4.69) is 31.0 Å². The Labute approximate surface area is 130 Å². The number of halogens is 1. The first-order chi connectivity index (χ1) is 9.98. The molecule has 1 saturated carbocycles. The van der Waals surface area contributed by atoms with Crippen LogP contribution < -0.4 is 5.32 Å². The van der Waals surface area contributed by atoms with Gasteiger partial charge in [-0.25, -0.2) is 0 Å². The number of hydrogen-bond acceptors (Lipinski definition) is 2. The number of aliphatic hydroxyl groups is 1. The van der Waals surface area contributed by atoms with Crippen LogP contribution in [0.15, 0.2) is 18.2 Å². The fourth-order valence-electron chi connectivity index (χ4n) is 2.37. The van der Waals surface area contributed by atoms with Crippen molar-refractivity contribution >= 4 is 17.5 Å². The summed E-state index contributed by atoms with van der Waals surface area (Å²) in [5, 5.41) is 12.1. The largest absolute Gasteiger partial charge is 0.384 e. The lowest BCUT2D eigenvalue weighted by Crippen LogP contribution is -2.32. The van der Waals surface area contributed by atoms with E-state index >= 15 is 0 Å². The van der Waals surface area contributed by atoms with E-state index in [4.69, 9.17) is 16.7 Å². The summed E-state index contributed by atoms with van der Waals surface area (Å²) in [4.78, 5) is 12.2. The average Bonchev–Trinajstić information content (AvgIpc) is 3.24. The summed E-state index contributed by atoms with van der Waals surface area (Å²) in [6.07, 6.45) is 2.36. The summed E-state index contributed by atoms with van der Waals surface area (Å²) >= 11 is 6.10. The summed E-state index contributed by atoms with van der Waals surface area (Å²) in [7, 11) is 0. The minimum absolute atomic E-state index is 0.106. The highest BCUT2D eigenvalue weighted by atomic mass is 35.5. The van der Waals surface area contributed by atoms with Gasteiger partial charge in [0.1, 0.15) is 6.61 Å². The fourth-order valence-corrected chi connectivity index (χ4v) is 2.60. The molecule has 1 aromatic rings. The summed E-state index contributed by atoms with van der Waals surface area (Å²) in [6.45, 7) is 4.90. The van der Waals surface area contributed by atoms with Crippen LogP contribution in [0.25, 0.3) is 0 Å². The summed E-state index contributed by atoms with van der Waals surface area (Å²) in [5.74, 6) is 5.76. The van der Waals surface area contributed by atoms with E-state index in [-0.39, 0.29) is 17.9 Å². The molecule has 3 nitrogen and oxygen atoms in total. The van der Waals surface area contributed by atoms with Gasteiger partial charge in [-0.3, -0.25) is 4.79 Å². The number of rotatable bonds is 4. The predicted octanol–water partition coefficient (Wildman–Crippen LogP) is 2.85. The normalized spacial score (nSPS) is 15.3. The van der Waals surface area contributed by atoms with Crippen LogP contribution in [0, 0.1) is 23.2 Å². The van der Waals surface area contributed by atoms with Crippen molar-refractivity contribution in [2.75, 3.05) is 13.2 Å². The van der Waals surface area contributed by atoms with Crippen molar-refractivity contribution in [3.63, 3.8) is 0 Å². The molecule has 0 heterocycles. The first kappa shape index (κ1) is 15.9. The van der Waals surface area contributed by atoms with Crippen molar-refractivity contribution in [2.45, 2.75) is 26.7 Å². The van der Waals surface area contributed by atoms with Crippen molar-refractivity contribution in [1.82, 2.24) is 5.32 Å². The number of nitrogens with one attached hydrogen (secondary N) is 1. The Morgan fingerprint density at radius 1 is 1.48 bits per heavy atom. The van der Waals surface area contributed by atoms with Crippen molar-refractivity contribution in [3.05, 3.63) is 34.3 Å². The van der Waals surface area contributed by atoms with Gasteiger partial charge >= 0.3 is 0 Å². The summed E-state index contributed by atoms with van der Waals surface area (Å²) in [6, 6.07) is 5.03. The third-order valence-electron chi connectivity index (χ3n) is 4.25. The van der Waals surface area contributed by atoms with Gasteiger partial charge in [-0.15, -0.1) is 0 Å². The van der Waals surface area contributed by atoms with Crippen LogP contribution in [-0.4, -0.2) is 24.2 Å². The predicted molar refractivity (Wildman–Crippen MR) is 84.3 cm³/mol. The zero-order chi connectivity index (χ0) is 15.5. The van der Waals surface area contributed by atoms with E-state index < -0.39 is 0 Å². The van der Waals surface area contributed by atoms with Gasteiger partial charge < -0.3 is 10.4 Å². The van der Waals surface area contributed by atoms with Gasteiger partial charge in [-0.1, -0.05) is 37.3 Å². The van der Waals surface area contributed by atoms with Gasteiger partial charge in [0.15, 0.2) is 0 Å². The quantitative estimate of drug-likeness (QED) is 0.840. The van der Waals surface area contributed by atoms with Crippen LogP contribution in [-0.2, 0) is 0 Å². The van der Waals surface area contributed by atoms with Crippen LogP contribution in [0.4, 0.5) is 0 Å². The minimum Gasteiger partial charge on any atom is -0.384 e. The lowest BCUT2D eigenvalue weighted by atomic mass is 9.92. The van der Waals surface area contributed by atoms with Gasteiger partial charge in [-0.2, -0.15) is 0 Å². The van der Waals surface area contributed by atoms with Crippen LogP contribution in [0.2, 0.25) is 5.02 Å². The molecule has 1 amide bonds. The molecule has 0 saturated heterocycles. The second-order valence-corrected chi connectivity index (χ2v) is 6.26. The summed E-state index contributed by atoms with van der Waals surface area (Å²) in [5.41, 5.74) is 1.43. The van der Waals surface area contributed by atoms with Crippen molar-refractivity contribution < 1.29 is 9.90 Å². The van der Waals surface area contributed by atoms with E-state index in [1.165, 1.54) is 12.8 Å². The smallest absolute Gasteiger partial charge is 0.251 e. The van der Waals surface area contributed by atoms with Gasteiger partial charge in [0.2, 0.25) is 0 Å². The molecule has 4 heteroatoms. The number of carbonyl (C=O) groups is 1. The molecule has 2 N–H and O–H groups in total. The van der Waals surface area contributed by atoms with Gasteiger partial charge in [-0.05, 0) is 42.4 Å². The number of benzene rings is 1. The second kappa shape index (κ2) is 6.51. The zero-order valence-electron chi connectivity index (χ0n) is 12.4. The highest BCUT2D eigenvalue weighted by Crippen LogP contribution is 2.51. The molecule has 112 valence electrons. The summed E-state index contributed by atoms with van der Waals surface area (Å²) < 4.78 is 0. The lowest BCUT2D eigenvalue weighted by Gasteiger charge is -2.20. The van der Waals surface area contributed by atoms with E-state index in [1.54, 1.807) is 18.2 Å². The van der Waals surface area contributed by atoms with Gasteiger partial charge in [0.25, 0.3) is 5.91 Å². The maximum atomic E-state index is 12.2. The molecule has 1 aliphatic carbocycles. The molecule has 21 heavy (non-hydrogen) atoms. The molecule has 0 bridgehead atoms. The molecule has 0 radical (unpaired) electrons. The highest BCUT2D eigenvalue weighted by molar-refractivity contribution is 6.32. The lowest BCUT2D eigenvalue weighted by molar-refractivity contribution is 0.0940. The Balaban J connectivity index is 2.01. The minimum atomic E-state index is -0.212. The molecule has 0 aromatic heterocycles. The van der Waals surface area contributed by atoms with E-state index in [0.717, 1.165) is 0 Å². The Kier molecular flexibility index (Phi) is 4.92. The Bertz CT molecular complexity index is 595. The van der Waals surface area contributed by atoms with Crippen LogP contribution in [0.5, 0.6) is 0 Å². The highest BCUT2D eigenvalue weighted by Gasteiger charge is 2.45. The molecule has 2 rings (SSSR count). The first-order valence-corrected chi connectivity index (χ1v) is 7.54. The third kappa shape index (κ3) is 3.78. The molecule has 1 aliphatic rings. The molecule has 0 atom stereocenters. The molecular weight excluding hydrogens is 286 g/mol. The molecule has 1 fully saturated rings. The molecule has 0 unspecified atom stereocenters. The van der Waals surface area contributed by atoms with Gasteiger partial charge in [0.05, 0.1) is 5.02 Å². The standard InChI is InChI=1S/C17H20ClNO2/c1-12(2)17(7-8-17)11-19-16(21)14-6-5-13(4-3-9-20)15(18)10-14/h5-6,10,12,20H,7-9,11H2,1-2H3,(H,19,21). The second-order valence-electron chi connectivity index (χ2n) is 5.85. The third-order valence-corrected chi connectivity index (χ3v) is 4.56. The molecule has 1 aromatic carbocycles. The number of amides is 1. The van der Waals surface area contributed by atoms with E-state index in [9.17, 15) is 4.79 Å². The van der Waals surface area contributed by atoms with E-state index in [0.29, 0.717) is 28.6 Å². The Morgan fingerprint density at radius 2 is 2.19 bits per heavy atom. The number of hydrogen-bond donors (Lipinski definition) is 2. The maximum absolute atomic E-state index is 12.2. The van der Waals surface area contributed by atoms with Crippen molar-refractivity contribution in [3.8, 4) is 11.8 Å². The number of carbonyl (C=O) groups excluding carboxylic acids is 1. The van der Waals surface area contributed by atoms with E-state index in [1.807, 2.05) is 0 Å². The maximum Gasteiger partial charge on any atom is 0.251 e. The molecular formula is C17H20ClNO2. The van der Waals surface area contributed by atoms with Crippen LogP contribution >= 0.6 is 11.6 Å². The fraction of sp³-hybridized carbons (Fsp3) is 0.471. The first-order valence-electron chi connectivity index (χ1n) is 7.16. The van der Waals surface area contributed by atoms with Crippen LogP contribution in [0.3, 0.4) is 0 Å². The Hall–Kier alpha value is -1.50. The topological polar surface area (TPSA) is 49.3 Å². The van der Waals surface area contributed by atoms with Gasteiger partial charge in [0, 0.05) is 17.7 Å².